The van der Waals surface area contributed by atoms with Crippen LogP contribution in [0.4, 0.5) is 10.5 Å². The first kappa shape index (κ1) is 14.8. The molecule has 0 radical (unpaired) electrons. The summed E-state index contributed by atoms with van der Waals surface area (Å²) in [5, 5.41) is 11.6. The number of aryl methyl sites for hydroxylation is 1. The third kappa shape index (κ3) is 2.33. The van der Waals surface area contributed by atoms with Crippen LogP contribution < -0.4 is 5.32 Å². The molecule has 2 amide bonds. The van der Waals surface area contributed by atoms with Gasteiger partial charge in [-0.25, -0.2) is 4.79 Å². The van der Waals surface area contributed by atoms with Gasteiger partial charge in [0.05, 0.1) is 18.1 Å². The Hall–Kier alpha value is -2.82. The number of carbonyl (C=O) groups excluding carboxylic acids is 1. The van der Waals surface area contributed by atoms with Crippen LogP contribution in [0.2, 0.25) is 0 Å². The highest BCUT2D eigenvalue weighted by Crippen LogP contribution is 2.33. The zero-order valence-electron chi connectivity index (χ0n) is 13.8. The highest BCUT2D eigenvalue weighted by molar-refractivity contribution is 5.96. The molecule has 0 bridgehead atoms. The van der Waals surface area contributed by atoms with Gasteiger partial charge in [0.1, 0.15) is 0 Å². The second kappa shape index (κ2) is 5.67. The van der Waals surface area contributed by atoms with Crippen molar-refractivity contribution in [3.63, 3.8) is 0 Å². The van der Waals surface area contributed by atoms with Gasteiger partial charge in [0, 0.05) is 16.8 Å². The Morgan fingerprint density at radius 1 is 1.25 bits per heavy atom. The van der Waals surface area contributed by atoms with Crippen molar-refractivity contribution in [2.45, 2.75) is 32.9 Å². The van der Waals surface area contributed by atoms with Crippen molar-refractivity contribution in [2.75, 3.05) is 5.32 Å². The molecule has 3 aromatic rings. The monoisotopic (exact) mass is 320 g/mol. The van der Waals surface area contributed by atoms with E-state index in [0.717, 1.165) is 39.8 Å². The van der Waals surface area contributed by atoms with E-state index < -0.39 is 0 Å². The van der Waals surface area contributed by atoms with Crippen LogP contribution in [0.25, 0.3) is 10.9 Å². The lowest BCUT2D eigenvalue weighted by Gasteiger charge is -2.34. The molecule has 1 atom stereocenters. The van der Waals surface area contributed by atoms with Crippen LogP contribution in [0.15, 0.2) is 42.5 Å². The second-order valence-electron chi connectivity index (χ2n) is 6.23. The highest BCUT2D eigenvalue weighted by Gasteiger charge is 2.28. The van der Waals surface area contributed by atoms with Gasteiger partial charge in [0.2, 0.25) is 0 Å². The minimum atomic E-state index is -0.0653. The molecule has 1 aromatic heterocycles. The molecule has 1 aliphatic rings. The molecule has 2 heterocycles. The standard InChI is InChI=1S/C19H20N4O/c1-3-16-15-9-14-11-23(12(2)13-7-5-4-6-8-13)19(24)20-17(14)10-18(15)22-21-16/h4-10,12H,3,11H2,1-2H3,(H,20,24)(H,21,22). The molecule has 0 saturated heterocycles. The number of carbonyl (C=O) groups is 1. The van der Waals surface area contributed by atoms with Crippen molar-refractivity contribution in [1.82, 2.24) is 15.1 Å². The number of rotatable bonds is 3. The second-order valence-corrected chi connectivity index (χ2v) is 6.23. The Kier molecular flexibility index (Phi) is 3.49. The van der Waals surface area contributed by atoms with E-state index >= 15 is 0 Å². The van der Waals surface area contributed by atoms with E-state index in [9.17, 15) is 4.79 Å². The minimum Gasteiger partial charge on any atom is -0.313 e. The number of H-pyrrole nitrogens is 1. The van der Waals surface area contributed by atoms with Gasteiger partial charge >= 0.3 is 6.03 Å². The lowest BCUT2D eigenvalue weighted by Crippen LogP contribution is -2.40. The zero-order valence-corrected chi connectivity index (χ0v) is 13.8. The quantitative estimate of drug-likeness (QED) is 0.758. The number of aromatic amines is 1. The number of anilines is 1. The van der Waals surface area contributed by atoms with E-state index in [4.69, 9.17) is 0 Å². The number of nitrogens with zero attached hydrogens (tertiary/aromatic N) is 2. The first-order valence-corrected chi connectivity index (χ1v) is 8.29. The number of urea groups is 1. The molecule has 0 spiro atoms. The molecular weight excluding hydrogens is 300 g/mol. The number of hydrogen-bond acceptors (Lipinski definition) is 2. The van der Waals surface area contributed by atoms with E-state index in [1.54, 1.807) is 0 Å². The fourth-order valence-electron chi connectivity index (χ4n) is 3.34. The number of amides is 2. The Morgan fingerprint density at radius 3 is 2.79 bits per heavy atom. The molecule has 1 unspecified atom stereocenters. The van der Waals surface area contributed by atoms with Crippen LogP contribution in [0.5, 0.6) is 0 Å². The molecule has 2 N–H and O–H groups in total. The van der Waals surface area contributed by atoms with Gasteiger partial charge in [-0.1, -0.05) is 37.3 Å². The van der Waals surface area contributed by atoms with Crippen molar-refractivity contribution >= 4 is 22.6 Å². The largest absolute Gasteiger partial charge is 0.322 e. The van der Waals surface area contributed by atoms with E-state index in [1.165, 1.54) is 0 Å². The van der Waals surface area contributed by atoms with Gasteiger partial charge in [-0.3, -0.25) is 5.10 Å². The van der Waals surface area contributed by atoms with Gasteiger partial charge < -0.3 is 10.2 Å². The lowest BCUT2D eigenvalue weighted by atomic mass is 10.0. The summed E-state index contributed by atoms with van der Waals surface area (Å²) in [6.45, 7) is 4.77. The van der Waals surface area contributed by atoms with E-state index in [0.29, 0.717) is 6.54 Å². The molecular formula is C19H20N4O. The van der Waals surface area contributed by atoms with Crippen molar-refractivity contribution in [2.24, 2.45) is 0 Å². The maximum absolute atomic E-state index is 12.6. The minimum absolute atomic E-state index is 0.0186. The predicted octanol–water partition coefficient (Wildman–Crippen LogP) is 4.23. The average Bonchev–Trinajstić information content (AvgIpc) is 3.01. The van der Waals surface area contributed by atoms with Gasteiger partial charge in [-0.05, 0) is 36.6 Å². The van der Waals surface area contributed by atoms with Crippen molar-refractivity contribution < 1.29 is 4.79 Å². The summed E-state index contributed by atoms with van der Waals surface area (Å²) in [6, 6.07) is 14.2. The van der Waals surface area contributed by atoms with E-state index in [2.05, 4.69) is 47.6 Å². The van der Waals surface area contributed by atoms with E-state index in [-0.39, 0.29) is 12.1 Å². The van der Waals surface area contributed by atoms with Crippen molar-refractivity contribution in [1.29, 1.82) is 0 Å². The van der Waals surface area contributed by atoms with E-state index in [1.807, 2.05) is 29.2 Å². The first-order valence-electron chi connectivity index (χ1n) is 8.29. The van der Waals surface area contributed by atoms with Gasteiger partial charge in [-0.15, -0.1) is 0 Å². The molecule has 5 heteroatoms. The van der Waals surface area contributed by atoms with Crippen LogP contribution in [-0.4, -0.2) is 21.1 Å². The SMILES string of the molecule is CCc1[nH]nc2cc3c(cc12)CN(C(C)c1ccccc1)C(=O)N3. The molecule has 5 nitrogen and oxygen atoms in total. The van der Waals surface area contributed by atoms with Crippen LogP contribution in [0, 0.1) is 0 Å². The van der Waals surface area contributed by atoms with Crippen LogP contribution in [-0.2, 0) is 13.0 Å². The number of hydrogen-bond donors (Lipinski definition) is 2. The third-order valence-electron chi connectivity index (χ3n) is 4.80. The summed E-state index contributed by atoms with van der Waals surface area (Å²) in [5.74, 6) is 0. The third-order valence-corrected chi connectivity index (χ3v) is 4.80. The van der Waals surface area contributed by atoms with Crippen molar-refractivity contribution in [3.05, 3.63) is 59.3 Å². The number of fused-ring (bicyclic) bond motifs is 2. The van der Waals surface area contributed by atoms with Crippen LogP contribution in [0.1, 0.15) is 36.7 Å². The normalized spacial score (nSPS) is 15.2. The Morgan fingerprint density at radius 2 is 2.04 bits per heavy atom. The molecule has 0 fully saturated rings. The fourth-order valence-corrected chi connectivity index (χ4v) is 3.34. The summed E-state index contributed by atoms with van der Waals surface area (Å²) >= 11 is 0. The topological polar surface area (TPSA) is 61.0 Å². The molecule has 0 aliphatic carbocycles. The molecule has 24 heavy (non-hydrogen) atoms. The van der Waals surface area contributed by atoms with Crippen LogP contribution in [0.3, 0.4) is 0 Å². The molecule has 4 rings (SSSR count). The number of benzene rings is 2. The summed E-state index contributed by atoms with van der Waals surface area (Å²) in [7, 11) is 0. The van der Waals surface area contributed by atoms with Crippen molar-refractivity contribution in [3.8, 4) is 0 Å². The zero-order chi connectivity index (χ0) is 16.7. The Balaban J connectivity index is 1.71. The molecule has 122 valence electrons. The summed E-state index contributed by atoms with van der Waals surface area (Å²) < 4.78 is 0. The predicted molar refractivity (Wildman–Crippen MR) is 94.9 cm³/mol. The van der Waals surface area contributed by atoms with Crippen LogP contribution >= 0.6 is 0 Å². The highest BCUT2D eigenvalue weighted by atomic mass is 16.2. The smallest absolute Gasteiger partial charge is 0.313 e. The number of nitrogens with one attached hydrogen (secondary N) is 2. The maximum atomic E-state index is 12.6. The summed E-state index contributed by atoms with van der Waals surface area (Å²) in [6.07, 6.45) is 0.909. The fraction of sp³-hybridized carbons (Fsp3) is 0.263. The summed E-state index contributed by atoms with van der Waals surface area (Å²) in [5.41, 5.74) is 5.15. The molecule has 0 saturated carbocycles. The summed E-state index contributed by atoms with van der Waals surface area (Å²) in [4.78, 5) is 14.4. The average molecular weight is 320 g/mol. The number of aromatic nitrogens is 2. The molecule has 1 aliphatic heterocycles. The molecule has 2 aromatic carbocycles. The van der Waals surface area contributed by atoms with Gasteiger partial charge in [-0.2, -0.15) is 5.10 Å². The Labute approximate surface area is 140 Å². The Bertz CT molecular complexity index is 900. The maximum Gasteiger partial charge on any atom is 0.322 e. The first-order chi connectivity index (χ1) is 11.7. The lowest BCUT2D eigenvalue weighted by molar-refractivity contribution is 0.186. The van der Waals surface area contributed by atoms with Gasteiger partial charge in [0.25, 0.3) is 0 Å². The van der Waals surface area contributed by atoms with Gasteiger partial charge in [0.15, 0.2) is 0 Å².